The van der Waals surface area contributed by atoms with Crippen LogP contribution in [0.25, 0.3) is 0 Å². The summed E-state index contributed by atoms with van der Waals surface area (Å²) >= 11 is 1.43. The fourth-order valence-electron chi connectivity index (χ4n) is 3.43. The third-order valence-electron chi connectivity index (χ3n) is 5.09. The first-order chi connectivity index (χ1) is 16.7. The van der Waals surface area contributed by atoms with Gasteiger partial charge in [0.2, 0.25) is 0 Å². The molecule has 2 N–H and O–H groups in total. The molecule has 0 aromatic heterocycles. The first kappa shape index (κ1) is 28.3. The number of β-amino-alcohol motifs (C(OH)–C–C–N with tert-alkyl or cyclic N) is 1. The number of likely N-dealkylation sites (tertiary alicyclic amines) is 1. The van der Waals surface area contributed by atoms with E-state index in [0.29, 0.717) is 11.3 Å². The highest BCUT2D eigenvalue weighted by molar-refractivity contribution is 8.03. The van der Waals surface area contributed by atoms with Gasteiger partial charge in [-0.25, -0.2) is 13.2 Å². The van der Waals surface area contributed by atoms with E-state index in [1.807, 2.05) is 39.0 Å². The maximum Gasteiger partial charge on any atom is 0.256 e. The van der Waals surface area contributed by atoms with E-state index >= 15 is 0 Å². The SMILES string of the molecule is C=C/C=C(\C=C/C)SCC1(O)CN(C(=O)c2ccc(F)c(F)c2Nc2ccc(C)cc2F)C1.CC. The number of nitrogens with one attached hydrogen (secondary N) is 1. The molecule has 35 heavy (non-hydrogen) atoms. The van der Waals surface area contributed by atoms with Crippen molar-refractivity contribution in [3.63, 3.8) is 0 Å². The quantitative estimate of drug-likeness (QED) is 0.391. The van der Waals surface area contributed by atoms with Gasteiger partial charge in [0.1, 0.15) is 11.4 Å². The standard InChI is InChI=1S/C25H25F3N2O2S.C2H6/c1-4-6-17(7-5-2)33-15-25(32)13-30(14-25)24(31)18-9-10-19(26)22(28)23(18)29-21-11-8-16(3)12-20(21)27;1-2/h4-12,29,32H,1,13-15H2,2-3H3;1-2H3/b7-5-,17-6+;. The first-order valence-corrected chi connectivity index (χ1v) is 12.3. The molecule has 2 aromatic carbocycles. The van der Waals surface area contributed by atoms with Gasteiger partial charge in [-0.15, -0.1) is 11.8 Å². The number of nitrogens with zero attached hydrogens (tertiary/aromatic N) is 1. The molecule has 0 spiro atoms. The van der Waals surface area contributed by atoms with Gasteiger partial charge >= 0.3 is 0 Å². The molecule has 2 aromatic rings. The van der Waals surface area contributed by atoms with Crippen LogP contribution in [0.4, 0.5) is 24.5 Å². The summed E-state index contributed by atoms with van der Waals surface area (Å²) in [6, 6.07) is 6.25. The highest BCUT2D eigenvalue weighted by Crippen LogP contribution is 2.34. The molecule has 3 rings (SSSR count). The average molecular weight is 505 g/mol. The van der Waals surface area contributed by atoms with E-state index in [1.165, 1.54) is 28.8 Å². The van der Waals surface area contributed by atoms with Crippen molar-refractivity contribution < 1.29 is 23.1 Å². The Morgan fingerprint density at radius 2 is 1.89 bits per heavy atom. The molecule has 0 saturated carbocycles. The van der Waals surface area contributed by atoms with Crippen molar-refractivity contribution in [1.82, 2.24) is 4.90 Å². The van der Waals surface area contributed by atoms with Crippen molar-refractivity contribution in [3.05, 3.63) is 94.7 Å². The Morgan fingerprint density at radius 1 is 1.20 bits per heavy atom. The highest BCUT2D eigenvalue weighted by Gasteiger charge is 2.44. The molecular formula is C27H31F3N2O2S. The normalized spacial score (nSPS) is 14.7. The number of thioether (sulfide) groups is 1. The van der Waals surface area contributed by atoms with E-state index in [2.05, 4.69) is 11.9 Å². The van der Waals surface area contributed by atoms with Gasteiger partial charge in [0.15, 0.2) is 11.6 Å². The molecule has 1 amide bonds. The number of hydrogen-bond acceptors (Lipinski definition) is 4. The van der Waals surface area contributed by atoms with E-state index in [1.54, 1.807) is 19.1 Å². The average Bonchev–Trinajstić information content (AvgIpc) is 2.81. The van der Waals surface area contributed by atoms with Gasteiger partial charge < -0.3 is 15.3 Å². The molecule has 0 aliphatic carbocycles. The minimum atomic E-state index is -1.28. The molecule has 1 saturated heterocycles. The van der Waals surface area contributed by atoms with Crippen LogP contribution in [-0.4, -0.2) is 40.4 Å². The van der Waals surface area contributed by atoms with Crippen LogP contribution in [0, 0.1) is 24.4 Å². The number of hydrogen-bond donors (Lipinski definition) is 2. The topological polar surface area (TPSA) is 52.6 Å². The first-order valence-electron chi connectivity index (χ1n) is 11.3. The molecule has 188 valence electrons. The van der Waals surface area contributed by atoms with E-state index in [0.717, 1.165) is 17.0 Å². The molecule has 0 bridgehead atoms. The number of aryl methyl sites for hydroxylation is 1. The summed E-state index contributed by atoms with van der Waals surface area (Å²) < 4.78 is 42.8. The van der Waals surface area contributed by atoms with Gasteiger partial charge in [0.05, 0.1) is 30.0 Å². The predicted octanol–water partition coefficient (Wildman–Crippen LogP) is 6.75. The Morgan fingerprint density at radius 3 is 2.49 bits per heavy atom. The molecule has 0 atom stereocenters. The van der Waals surface area contributed by atoms with Crippen molar-refractivity contribution >= 4 is 29.0 Å². The van der Waals surface area contributed by atoms with E-state index in [4.69, 9.17) is 0 Å². The maximum absolute atomic E-state index is 14.6. The van der Waals surface area contributed by atoms with Gasteiger partial charge in [-0.2, -0.15) is 0 Å². The van der Waals surface area contributed by atoms with Crippen molar-refractivity contribution in [3.8, 4) is 0 Å². The summed E-state index contributed by atoms with van der Waals surface area (Å²) in [7, 11) is 0. The second-order valence-corrected chi connectivity index (χ2v) is 8.92. The molecular weight excluding hydrogens is 473 g/mol. The van der Waals surface area contributed by atoms with Crippen molar-refractivity contribution in [2.45, 2.75) is 33.3 Å². The summed E-state index contributed by atoms with van der Waals surface area (Å²) in [5.41, 5.74) is -1.13. The number of carbonyl (C=O) groups excluding carboxylic acids is 1. The fourth-order valence-corrected chi connectivity index (χ4v) is 4.47. The second-order valence-electron chi connectivity index (χ2n) is 7.87. The molecule has 1 fully saturated rings. The fraction of sp³-hybridized carbons (Fsp3) is 0.296. The Kier molecular flexibility index (Phi) is 10.2. The summed E-state index contributed by atoms with van der Waals surface area (Å²) in [6.45, 7) is 11.3. The molecule has 0 unspecified atom stereocenters. The third-order valence-corrected chi connectivity index (χ3v) is 6.37. The van der Waals surface area contributed by atoms with E-state index in [9.17, 15) is 23.1 Å². The number of rotatable bonds is 8. The van der Waals surface area contributed by atoms with Crippen LogP contribution in [0.1, 0.15) is 36.7 Å². The van der Waals surface area contributed by atoms with E-state index < -0.39 is 34.6 Å². The highest BCUT2D eigenvalue weighted by atomic mass is 32.2. The minimum Gasteiger partial charge on any atom is -0.385 e. The molecule has 0 radical (unpaired) electrons. The molecule has 1 aliphatic rings. The number of carbonyl (C=O) groups is 1. The number of halogens is 3. The minimum absolute atomic E-state index is 0.0351. The summed E-state index contributed by atoms with van der Waals surface area (Å²) in [5.74, 6) is -3.34. The molecule has 4 nitrogen and oxygen atoms in total. The lowest BCUT2D eigenvalue weighted by Crippen LogP contribution is -2.64. The molecule has 8 heteroatoms. The smallest absolute Gasteiger partial charge is 0.256 e. The number of aliphatic hydroxyl groups is 1. The lowest BCUT2D eigenvalue weighted by molar-refractivity contribution is -0.0631. The van der Waals surface area contributed by atoms with Gasteiger partial charge in [-0.05, 0) is 49.8 Å². The van der Waals surface area contributed by atoms with Crippen LogP contribution in [-0.2, 0) is 0 Å². The van der Waals surface area contributed by atoms with Crippen molar-refractivity contribution in [1.29, 1.82) is 0 Å². The Bertz CT molecular complexity index is 1130. The van der Waals surface area contributed by atoms with Crippen LogP contribution in [0.5, 0.6) is 0 Å². The Balaban J connectivity index is 0.00000210. The summed E-state index contributed by atoms with van der Waals surface area (Å²) in [6.07, 6.45) is 7.23. The Hall–Kier alpha value is -2.97. The lowest BCUT2D eigenvalue weighted by atomic mass is 9.95. The van der Waals surface area contributed by atoms with Crippen LogP contribution in [0.3, 0.4) is 0 Å². The molecule has 1 heterocycles. The predicted molar refractivity (Wildman–Crippen MR) is 139 cm³/mol. The lowest BCUT2D eigenvalue weighted by Gasteiger charge is -2.46. The van der Waals surface area contributed by atoms with Gasteiger partial charge in [-0.1, -0.05) is 44.7 Å². The van der Waals surface area contributed by atoms with Gasteiger partial charge in [0, 0.05) is 10.7 Å². The maximum atomic E-state index is 14.6. The van der Waals surface area contributed by atoms with Crippen LogP contribution < -0.4 is 5.32 Å². The number of amides is 1. The number of benzene rings is 2. The zero-order chi connectivity index (χ0) is 26.2. The zero-order valence-electron chi connectivity index (χ0n) is 20.4. The Labute approximate surface area is 209 Å². The number of anilines is 2. The van der Waals surface area contributed by atoms with Crippen molar-refractivity contribution in [2.75, 3.05) is 24.2 Å². The van der Waals surface area contributed by atoms with Crippen LogP contribution >= 0.6 is 11.8 Å². The second kappa shape index (κ2) is 12.7. The van der Waals surface area contributed by atoms with Gasteiger partial charge in [-0.3, -0.25) is 4.79 Å². The summed E-state index contributed by atoms with van der Waals surface area (Å²) in [4.78, 5) is 15.3. The molecule has 1 aliphatic heterocycles. The monoisotopic (exact) mass is 504 g/mol. The zero-order valence-corrected chi connectivity index (χ0v) is 21.2. The van der Waals surface area contributed by atoms with Gasteiger partial charge in [0.25, 0.3) is 5.91 Å². The largest absolute Gasteiger partial charge is 0.385 e. The summed E-state index contributed by atoms with van der Waals surface area (Å²) in [5, 5.41) is 13.3. The van der Waals surface area contributed by atoms with Crippen LogP contribution in [0.2, 0.25) is 0 Å². The van der Waals surface area contributed by atoms with Crippen molar-refractivity contribution in [2.24, 2.45) is 0 Å². The third kappa shape index (κ3) is 7.02. The number of allylic oxidation sites excluding steroid dienone is 4. The van der Waals surface area contributed by atoms with Crippen LogP contribution in [0.15, 0.2) is 66.1 Å². The van der Waals surface area contributed by atoms with E-state index in [-0.39, 0.29) is 24.3 Å².